The van der Waals surface area contributed by atoms with Gasteiger partial charge in [-0.1, -0.05) is 18.2 Å². The lowest BCUT2D eigenvalue weighted by Gasteiger charge is -2.36. The Kier molecular flexibility index (Phi) is 5.30. The molecule has 4 rings (SSSR count). The summed E-state index contributed by atoms with van der Waals surface area (Å²) in [5.74, 6) is -0.345. The van der Waals surface area contributed by atoms with E-state index in [0.717, 1.165) is 22.6 Å². The number of carbonyl (C=O) groups is 3. The maximum absolute atomic E-state index is 12.9. The predicted octanol–water partition coefficient (Wildman–Crippen LogP) is 1.29. The number of nitrogens with zero attached hydrogens (tertiary/aromatic N) is 4. The third-order valence-electron chi connectivity index (χ3n) is 5.99. The fourth-order valence-corrected chi connectivity index (χ4v) is 4.39. The number of carbonyl (C=O) groups excluding carboxylic acids is 3. The number of benzene rings is 1. The highest BCUT2D eigenvalue weighted by atomic mass is 16.2. The second-order valence-corrected chi connectivity index (χ2v) is 8.57. The number of hydrogen-bond donors (Lipinski definition) is 2. The van der Waals surface area contributed by atoms with Crippen molar-refractivity contribution in [1.82, 2.24) is 30.2 Å². The van der Waals surface area contributed by atoms with Gasteiger partial charge in [-0.15, -0.1) is 0 Å². The van der Waals surface area contributed by atoms with E-state index in [-0.39, 0.29) is 18.4 Å². The largest absolute Gasteiger partial charge is 0.353 e. The topological polar surface area (TPSA) is 99.6 Å². The molecule has 0 unspecified atom stereocenters. The molecule has 2 aliphatic heterocycles. The minimum absolute atomic E-state index is 0.0948. The van der Waals surface area contributed by atoms with Crippen LogP contribution in [-0.4, -0.2) is 69.1 Å². The molecule has 164 valence electrons. The number of aromatic nitrogens is 2. The van der Waals surface area contributed by atoms with Gasteiger partial charge in [0.2, 0.25) is 5.91 Å². The van der Waals surface area contributed by atoms with Crippen molar-refractivity contribution < 1.29 is 14.4 Å². The Labute approximate surface area is 181 Å². The Morgan fingerprint density at radius 1 is 1.10 bits per heavy atom. The second-order valence-electron chi connectivity index (χ2n) is 8.57. The van der Waals surface area contributed by atoms with Gasteiger partial charge < -0.3 is 10.6 Å². The van der Waals surface area contributed by atoms with Crippen molar-refractivity contribution >= 4 is 17.8 Å². The van der Waals surface area contributed by atoms with E-state index >= 15 is 0 Å². The normalized spacial score (nSPS) is 21.4. The van der Waals surface area contributed by atoms with E-state index in [1.165, 1.54) is 4.90 Å². The lowest BCUT2D eigenvalue weighted by molar-refractivity contribution is -0.131. The maximum atomic E-state index is 12.9. The summed E-state index contributed by atoms with van der Waals surface area (Å²) in [7, 11) is 0. The molecule has 31 heavy (non-hydrogen) atoms. The van der Waals surface area contributed by atoms with Crippen LogP contribution < -0.4 is 10.6 Å². The Morgan fingerprint density at radius 3 is 2.45 bits per heavy atom. The van der Waals surface area contributed by atoms with Crippen molar-refractivity contribution in [2.75, 3.05) is 26.2 Å². The highest BCUT2D eigenvalue weighted by molar-refractivity contribution is 6.06. The van der Waals surface area contributed by atoms with E-state index in [9.17, 15) is 14.4 Å². The van der Waals surface area contributed by atoms with Crippen LogP contribution in [0.5, 0.6) is 0 Å². The quantitative estimate of drug-likeness (QED) is 0.705. The first-order valence-corrected chi connectivity index (χ1v) is 10.5. The molecule has 0 saturated carbocycles. The van der Waals surface area contributed by atoms with Crippen LogP contribution in [0.2, 0.25) is 0 Å². The van der Waals surface area contributed by atoms with Crippen molar-refractivity contribution in [3.63, 3.8) is 0 Å². The van der Waals surface area contributed by atoms with E-state index in [1.807, 2.05) is 53.8 Å². The van der Waals surface area contributed by atoms with Gasteiger partial charge in [-0.2, -0.15) is 5.10 Å². The maximum Gasteiger partial charge on any atom is 0.325 e. The second kappa shape index (κ2) is 7.81. The van der Waals surface area contributed by atoms with Crippen LogP contribution >= 0.6 is 0 Å². The van der Waals surface area contributed by atoms with Gasteiger partial charge >= 0.3 is 6.03 Å². The molecule has 2 aromatic rings. The number of imide groups is 1. The molecule has 9 nitrogen and oxygen atoms in total. The Balaban J connectivity index is 1.61. The van der Waals surface area contributed by atoms with Gasteiger partial charge in [0.25, 0.3) is 5.91 Å². The van der Waals surface area contributed by atoms with Crippen molar-refractivity contribution in [1.29, 1.82) is 0 Å². The number of urea groups is 1. The SMILES string of the molecule is Cc1nn(-c2ccccc2)c(C)c1[C@H]1C(=O)NCCN1CCN1C(=O)NC(C)(C)C1=O. The molecular weight excluding hydrogens is 396 g/mol. The Hall–Kier alpha value is -3.20. The van der Waals surface area contributed by atoms with Gasteiger partial charge in [-0.3, -0.25) is 19.4 Å². The van der Waals surface area contributed by atoms with Crippen molar-refractivity contribution in [2.24, 2.45) is 0 Å². The van der Waals surface area contributed by atoms with Gasteiger partial charge in [0.1, 0.15) is 11.6 Å². The number of para-hydroxylation sites is 1. The molecule has 0 radical (unpaired) electrons. The van der Waals surface area contributed by atoms with E-state index in [0.29, 0.717) is 19.6 Å². The fraction of sp³-hybridized carbons (Fsp3) is 0.455. The lowest BCUT2D eigenvalue weighted by atomic mass is 10.00. The van der Waals surface area contributed by atoms with Gasteiger partial charge in [0, 0.05) is 37.4 Å². The van der Waals surface area contributed by atoms with E-state index in [2.05, 4.69) is 15.7 Å². The average molecular weight is 425 g/mol. The number of hydrogen-bond acceptors (Lipinski definition) is 5. The summed E-state index contributed by atoms with van der Waals surface area (Å²) in [5, 5.41) is 10.3. The smallest absolute Gasteiger partial charge is 0.325 e. The molecule has 9 heteroatoms. The van der Waals surface area contributed by atoms with Gasteiger partial charge in [-0.05, 0) is 39.8 Å². The summed E-state index contributed by atoms with van der Waals surface area (Å²) >= 11 is 0. The van der Waals surface area contributed by atoms with Crippen LogP contribution in [0.3, 0.4) is 0 Å². The minimum atomic E-state index is -0.903. The molecule has 2 N–H and O–H groups in total. The van der Waals surface area contributed by atoms with Gasteiger partial charge in [-0.25, -0.2) is 9.48 Å². The number of rotatable bonds is 5. The van der Waals surface area contributed by atoms with E-state index < -0.39 is 17.6 Å². The highest BCUT2D eigenvalue weighted by Gasteiger charge is 2.44. The molecule has 0 aliphatic carbocycles. The number of amides is 4. The standard InChI is InChI=1S/C22H28N6O3/c1-14-17(15(2)28(25-14)16-8-6-5-7-9-16)18-19(29)23-10-11-26(18)12-13-27-20(30)22(3,4)24-21(27)31/h5-9,18H,10-13H2,1-4H3,(H,23,29)(H,24,31)/t18-/m0/s1. The number of piperazine rings is 1. The van der Waals surface area contributed by atoms with E-state index in [1.54, 1.807) is 13.8 Å². The third-order valence-corrected chi connectivity index (χ3v) is 5.99. The van der Waals surface area contributed by atoms with Crippen molar-refractivity contribution in [2.45, 2.75) is 39.3 Å². The lowest BCUT2D eigenvalue weighted by Crippen LogP contribution is -2.52. The number of aryl methyl sites for hydroxylation is 1. The molecule has 2 aliphatic rings. The molecule has 4 amide bonds. The zero-order valence-corrected chi connectivity index (χ0v) is 18.3. The minimum Gasteiger partial charge on any atom is -0.353 e. The molecule has 0 spiro atoms. The van der Waals surface area contributed by atoms with Gasteiger partial charge in [0.05, 0.1) is 11.4 Å². The summed E-state index contributed by atoms with van der Waals surface area (Å²) in [6.07, 6.45) is 0. The third kappa shape index (κ3) is 3.69. The summed E-state index contributed by atoms with van der Waals surface area (Å²) in [6.45, 7) is 9.02. The van der Waals surface area contributed by atoms with Crippen molar-refractivity contribution in [3.05, 3.63) is 47.3 Å². The van der Waals surface area contributed by atoms with Gasteiger partial charge in [0.15, 0.2) is 0 Å². The molecule has 1 aromatic carbocycles. The zero-order valence-electron chi connectivity index (χ0n) is 18.3. The average Bonchev–Trinajstić information content (AvgIpc) is 3.12. The molecular formula is C22H28N6O3. The summed E-state index contributed by atoms with van der Waals surface area (Å²) < 4.78 is 1.85. The first-order chi connectivity index (χ1) is 14.7. The molecule has 1 aromatic heterocycles. The van der Waals surface area contributed by atoms with Crippen LogP contribution in [0.25, 0.3) is 5.69 Å². The summed E-state index contributed by atoms with van der Waals surface area (Å²) in [5.41, 5.74) is 2.56. The van der Waals surface area contributed by atoms with Crippen LogP contribution in [0, 0.1) is 13.8 Å². The Morgan fingerprint density at radius 2 is 1.81 bits per heavy atom. The fourth-order valence-electron chi connectivity index (χ4n) is 4.39. The first-order valence-electron chi connectivity index (χ1n) is 10.5. The molecule has 2 saturated heterocycles. The zero-order chi connectivity index (χ0) is 22.3. The summed E-state index contributed by atoms with van der Waals surface area (Å²) in [6, 6.07) is 8.87. The van der Waals surface area contributed by atoms with E-state index in [4.69, 9.17) is 0 Å². The highest BCUT2D eigenvalue weighted by Crippen LogP contribution is 2.30. The van der Waals surface area contributed by atoms with Crippen LogP contribution in [0.15, 0.2) is 30.3 Å². The van der Waals surface area contributed by atoms with Crippen LogP contribution in [0.1, 0.15) is 36.8 Å². The summed E-state index contributed by atoms with van der Waals surface area (Å²) in [4.78, 5) is 41.0. The Bertz CT molecular complexity index is 1030. The predicted molar refractivity (Wildman–Crippen MR) is 115 cm³/mol. The molecule has 0 bridgehead atoms. The monoisotopic (exact) mass is 424 g/mol. The van der Waals surface area contributed by atoms with Crippen LogP contribution in [-0.2, 0) is 9.59 Å². The first kappa shape index (κ1) is 21.0. The molecule has 3 heterocycles. The van der Waals surface area contributed by atoms with Crippen molar-refractivity contribution in [3.8, 4) is 5.69 Å². The molecule has 1 atom stereocenters. The number of nitrogens with one attached hydrogen (secondary N) is 2. The molecule has 2 fully saturated rings. The van der Waals surface area contributed by atoms with Crippen LogP contribution in [0.4, 0.5) is 4.79 Å².